The maximum absolute atomic E-state index is 12.1. The molecule has 0 aliphatic heterocycles. The van der Waals surface area contributed by atoms with Crippen LogP contribution in [0.2, 0.25) is 0 Å². The number of benzene rings is 2. The number of carbonyl (C=O) groups is 1. The summed E-state index contributed by atoms with van der Waals surface area (Å²) < 4.78 is 24.2. The number of rotatable bonds is 5. The molecule has 21 heavy (non-hydrogen) atoms. The average molecular weight is 305 g/mol. The van der Waals surface area contributed by atoms with Crippen LogP contribution in [0.5, 0.6) is 0 Å². The van der Waals surface area contributed by atoms with Gasteiger partial charge in [0.05, 0.1) is 9.82 Å². The first-order chi connectivity index (χ1) is 9.90. The van der Waals surface area contributed by atoms with Gasteiger partial charge < -0.3 is 0 Å². The minimum atomic E-state index is -3.76. The van der Waals surface area contributed by atoms with Gasteiger partial charge >= 0.3 is 0 Å². The van der Waals surface area contributed by atoms with Gasteiger partial charge in [-0.25, -0.2) is 8.42 Å². The third-order valence-corrected chi connectivity index (χ3v) is 4.44. The van der Waals surface area contributed by atoms with Crippen LogP contribution in [0.4, 0.5) is 5.69 Å². The Hall–Kier alpha value is -2.54. The monoisotopic (exact) mass is 305 g/mol. The number of hydrogen-bond donors (Lipinski definition) is 0. The lowest BCUT2D eigenvalue weighted by atomic mass is 10.1. The lowest BCUT2D eigenvalue weighted by Crippen LogP contribution is -2.16. The Morgan fingerprint density at radius 1 is 1.05 bits per heavy atom. The minimum absolute atomic E-state index is 0.00343. The summed E-state index contributed by atoms with van der Waals surface area (Å²) in [6.07, 6.45) is 0. The van der Waals surface area contributed by atoms with Gasteiger partial charge in [0.1, 0.15) is 5.75 Å². The Kier molecular flexibility index (Phi) is 4.13. The maximum atomic E-state index is 12.1. The van der Waals surface area contributed by atoms with E-state index < -0.39 is 26.3 Å². The molecule has 2 aromatic rings. The van der Waals surface area contributed by atoms with Gasteiger partial charge in [-0.05, 0) is 12.1 Å². The van der Waals surface area contributed by atoms with Gasteiger partial charge in [-0.3, -0.25) is 14.9 Å². The van der Waals surface area contributed by atoms with E-state index in [2.05, 4.69) is 0 Å². The standard InChI is InChI=1S/C14H11NO5S/c16-14(11-5-4-6-12(9-11)15(17)18)10-21(19,20)13-7-2-1-3-8-13/h1-9H,10H2. The number of carbonyl (C=O) groups excluding carboxylic acids is 1. The molecular formula is C14H11NO5S. The molecule has 0 radical (unpaired) electrons. The van der Waals surface area contributed by atoms with Crippen LogP contribution in [0.15, 0.2) is 59.5 Å². The fourth-order valence-corrected chi connectivity index (χ4v) is 3.01. The number of nitro groups is 1. The predicted octanol–water partition coefficient (Wildman–Crippen LogP) is 2.25. The number of ketones is 1. The van der Waals surface area contributed by atoms with Crippen LogP contribution in [0.3, 0.4) is 0 Å². The van der Waals surface area contributed by atoms with Crippen molar-refractivity contribution in [1.29, 1.82) is 0 Å². The maximum Gasteiger partial charge on any atom is 0.270 e. The van der Waals surface area contributed by atoms with E-state index in [-0.39, 0.29) is 16.1 Å². The number of Topliss-reactive ketones (excluding diaryl/α,β-unsaturated/α-hetero) is 1. The van der Waals surface area contributed by atoms with Gasteiger partial charge in [-0.1, -0.05) is 30.3 Å². The summed E-state index contributed by atoms with van der Waals surface area (Å²) in [5.41, 5.74) is -0.248. The van der Waals surface area contributed by atoms with Crippen molar-refractivity contribution in [3.8, 4) is 0 Å². The van der Waals surface area contributed by atoms with Crippen LogP contribution in [-0.2, 0) is 9.84 Å². The summed E-state index contributed by atoms with van der Waals surface area (Å²) in [6.45, 7) is 0. The van der Waals surface area contributed by atoms with Gasteiger partial charge in [0.15, 0.2) is 15.6 Å². The first kappa shape index (κ1) is 14.9. The molecule has 0 N–H and O–H groups in total. The lowest BCUT2D eigenvalue weighted by molar-refractivity contribution is -0.384. The van der Waals surface area contributed by atoms with Crippen LogP contribution < -0.4 is 0 Å². The van der Waals surface area contributed by atoms with Gasteiger partial charge in [-0.2, -0.15) is 0 Å². The van der Waals surface area contributed by atoms with Crippen molar-refractivity contribution in [2.24, 2.45) is 0 Å². The number of nitrogens with zero attached hydrogens (tertiary/aromatic N) is 1. The molecule has 7 heteroatoms. The molecule has 6 nitrogen and oxygen atoms in total. The van der Waals surface area contributed by atoms with Crippen LogP contribution in [0.25, 0.3) is 0 Å². The molecule has 2 rings (SSSR count). The fourth-order valence-electron chi connectivity index (χ4n) is 1.76. The van der Waals surface area contributed by atoms with Crippen molar-refractivity contribution >= 4 is 21.3 Å². The zero-order valence-corrected chi connectivity index (χ0v) is 11.6. The van der Waals surface area contributed by atoms with E-state index in [1.807, 2.05) is 0 Å². The van der Waals surface area contributed by atoms with Crippen molar-refractivity contribution in [1.82, 2.24) is 0 Å². The van der Waals surface area contributed by atoms with Gasteiger partial charge in [0, 0.05) is 17.7 Å². The normalized spacial score (nSPS) is 11.0. The highest BCUT2D eigenvalue weighted by Crippen LogP contribution is 2.16. The molecule has 0 saturated carbocycles. The van der Waals surface area contributed by atoms with Crippen molar-refractivity contribution in [3.63, 3.8) is 0 Å². The highest BCUT2D eigenvalue weighted by atomic mass is 32.2. The number of hydrogen-bond acceptors (Lipinski definition) is 5. The molecule has 0 spiro atoms. The topological polar surface area (TPSA) is 94.3 Å². The molecule has 0 heterocycles. The van der Waals surface area contributed by atoms with Crippen LogP contribution in [0.1, 0.15) is 10.4 Å². The first-order valence-electron chi connectivity index (χ1n) is 5.95. The fraction of sp³-hybridized carbons (Fsp3) is 0.0714. The second-order valence-corrected chi connectivity index (χ2v) is 6.29. The number of nitro benzene ring substituents is 1. The van der Waals surface area contributed by atoms with Crippen molar-refractivity contribution in [3.05, 3.63) is 70.3 Å². The van der Waals surface area contributed by atoms with E-state index in [4.69, 9.17) is 0 Å². The third-order valence-electron chi connectivity index (χ3n) is 2.80. The predicted molar refractivity (Wildman–Crippen MR) is 75.9 cm³/mol. The highest BCUT2D eigenvalue weighted by molar-refractivity contribution is 7.92. The average Bonchev–Trinajstić information content (AvgIpc) is 2.48. The molecule has 0 fully saturated rings. The summed E-state index contributed by atoms with van der Waals surface area (Å²) in [6, 6.07) is 12.6. The quantitative estimate of drug-likeness (QED) is 0.479. The Morgan fingerprint density at radius 2 is 1.71 bits per heavy atom. The van der Waals surface area contributed by atoms with Crippen molar-refractivity contribution in [2.75, 3.05) is 5.75 Å². The van der Waals surface area contributed by atoms with Crippen LogP contribution in [0, 0.1) is 10.1 Å². The smallest absolute Gasteiger partial charge is 0.270 e. The van der Waals surface area contributed by atoms with Gasteiger partial charge in [-0.15, -0.1) is 0 Å². The largest absolute Gasteiger partial charge is 0.293 e. The van der Waals surface area contributed by atoms with E-state index in [1.165, 1.54) is 30.3 Å². The summed E-state index contributed by atoms with van der Waals surface area (Å²) in [5.74, 6) is -1.40. The van der Waals surface area contributed by atoms with Gasteiger partial charge in [0.2, 0.25) is 0 Å². The summed E-state index contributed by atoms with van der Waals surface area (Å²) in [5, 5.41) is 10.7. The zero-order chi connectivity index (χ0) is 15.5. The summed E-state index contributed by atoms with van der Waals surface area (Å²) in [7, 11) is -3.76. The number of sulfone groups is 1. The van der Waals surface area contributed by atoms with E-state index >= 15 is 0 Å². The van der Waals surface area contributed by atoms with E-state index in [9.17, 15) is 23.3 Å². The Labute approximate surface area is 121 Å². The SMILES string of the molecule is O=C(CS(=O)(=O)c1ccccc1)c1cccc([N+](=O)[O-])c1. The van der Waals surface area contributed by atoms with Crippen LogP contribution >= 0.6 is 0 Å². The second-order valence-electron chi connectivity index (χ2n) is 4.30. The lowest BCUT2D eigenvalue weighted by Gasteiger charge is -2.04. The first-order valence-corrected chi connectivity index (χ1v) is 7.61. The molecular weight excluding hydrogens is 294 g/mol. The zero-order valence-electron chi connectivity index (χ0n) is 10.8. The second kappa shape index (κ2) is 5.84. The highest BCUT2D eigenvalue weighted by Gasteiger charge is 2.21. The van der Waals surface area contributed by atoms with E-state index in [1.54, 1.807) is 18.2 Å². The van der Waals surface area contributed by atoms with Crippen molar-refractivity contribution < 1.29 is 18.1 Å². The molecule has 0 aromatic heterocycles. The summed E-state index contributed by atoms with van der Waals surface area (Å²) in [4.78, 5) is 22.1. The molecule has 0 saturated heterocycles. The Morgan fingerprint density at radius 3 is 2.33 bits per heavy atom. The van der Waals surface area contributed by atoms with E-state index in [0.29, 0.717) is 0 Å². The Bertz CT molecular complexity index is 784. The molecule has 0 aliphatic carbocycles. The number of non-ortho nitro benzene ring substituents is 1. The molecule has 0 unspecified atom stereocenters. The molecule has 0 bridgehead atoms. The molecule has 2 aromatic carbocycles. The Balaban J connectivity index is 2.26. The van der Waals surface area contributed by atoms with Gasteiger partial charge in [0.25, 0.3) is 5.69 Å². The molecule has 0 atom stereocenters. The van der Waals surface area contributed by atoms with E-state index in [0.717, 1.165) is 6.07 Å². The summed E-state index contributed by atoms with van der Waals surface area (Å²) >= 11 is 0. The molecule has 0 aliphatic rings. The minimum Gasteiger partial charge on any atom is -0.293 e. The van der Waals surface area contributed by atoms with Crippen LogP contribution in [-0.4, -0.2) is 24.9 Å². The van der Waals surface area contributed by atoms with Crippen molar-refractivity contribution in [2.45, 2.75) is 4.90 Å². The molecule has 108 valence electrons. The molecule has 0 amide bonds. The third kappa shape index (κ3) is 3.51.